The van der Waals surface area contributed by atoms with Crippen molar-refractivity contribution < 1.29 is 4.52 Å². The van der Waals surface area contributed by atoms with Gasteiger partial charge in [0.1, 0.15) is 0 Å². The first kappa shape index (κ1) is 14.0. The largest absolute Gasteiger partial charge is 0.339 e. The number of hydrogen-bond donors (Lipinski definition) is 1. The SMILES string of the molecule is CCC(N)(CC)c1noc(Cc2cccc(Cl)c2)n1. The number of rotatable bonds is 5. The molecule has 0 saturated carbocycles. The average Bonchev–Trinajstić information content (AvgIpc) is 2.87. The molecule has 5 heteroatoms. The molecule has 2 rings (SSSR count). The van der Waals surface area contributed by atoms with Crippen LogP contribution in [0.15, 0.2) is 28.8 Å². The van der Waals surface area contributed by atoms with Crippen LogP contribution in [0.3, 0.4) is 0 Å². The molecular weight excluding hydrogens is 262 g/mol. The van der Waals surface area contributed by atoms with E-state index >= 15 is 0 Å². The Morgan fingerprint density at radius 3 is 2.68 bits per heavy atom. The van der Waals surface area contributed by atoms with E-state index in [0.717, 1.165) is 18.4 Å². The summed E-state index contributed by atoms with van der Waals surface area (Å²) in [4.78, 5) is 4.40. The summed E-state index contributed by atoms with van der Waals surface area (Å²) in [6.45, 7) is 4.05. The van der Waals surface area contributed by atoms with Gasteiger partial charge in [-0.05, 0) is 30.5 Å². The number of nitrogens with two attached hydrogens (primary N) is 1. The first-order valence-corrected chi connectivity index (χ1v) is 6.81. The van der Waals surface area contributed by atoms with Crippen molar-refractivity contribution in [2.45, 2.75) is 38.6 Å². The third-order valence-electron chi connectivity index (χ3n) is 3.42. The highest BCUT2D eigenvalue weighted by Crippen LogP contribution is 2.23. The van der Waals surface area contributed by atoms with Gasteiger partial charge in [-0.15, -0.1) is 0 Å². The van der Waals surface area contributed by atoms with Crippen molar-refractivity contribution in [1.82, 2.24) is 10.1 Å². The lowest BCUT2D eigenvalue weighted by Gasteiger charge is -2.21. The summed E-state index contributed by atoms with van der Waals surface area (Å²) in [6, 6.07) is 7.61. The van der Waals surface area contributed by atoms with Gasteiger partial charge in [-0.25, -0.2) is 0 Å². The monoisotopic (exact) mass is 279 g/mol. The normalized spacial score (nSPS) is 11.8. The maximum atomic E-state index is 6.24. The maximum Gasteiger partial charge on any atom is 0.231 e. The van der Waals surface area contributed by atoms with Crippen LogP contribution in [0.4, 0.5) is 0 Å². The summed E-state index contributed by atoms with van der Waals surface area (Å²) in [5.41, 5.74) is 6.78. The molecule has 0 aliphatic rings. The highest BCUT2D eigenvalue weighted by molar-refractivity contribution is 6.30. The molecule has 19 heavy (non-hydrogen) atoms. The fourth-order valence-electron chi connectivity index (χ4n) is 1.92. The zero-order valence-electron chi connectivity index (χ0n) is 11.2. The van der Waals surface area contributed by atoms with Gasteiger partial charge in [0.2, 0.25) is 5.89 Å². The highest BCUT2D eigenvalue weighted by atomic mass is 35.5. The van der Waals surface area contributed by atoms with Gasteiger partial charge in [-0.3, -0.25) is 0 Å². The lowest BCUT2D eigenvalue weighted by molar-refractivity contribution is 0.337. The van der Waals surface area contributed by atoms with Crippen LogP contribution in [0.1, 0.15) is 44.0 Å². The Kier molecular flexibility index (Phi) is 4.22. The van der Waals surface area contributed by atoms with Crippen molar-refractivity contribution in [2.24, 2.45) is 5.73 Å². The minimum atomic E-state index is -0.504. The molecule has 1 heterocycles. The second-order valence-electron chi connectivity index (χ2n) is 4.68. The van der Waals surface area contributed by atoms with Crippen molar-refractivity contribution in [3.05, 3.63) is 46.6 Å². The van der Waals surface area contributed by atoms with E-state index < -0.39 is 5.54 Å². The van der Waals surface area contributed by atoms with Gasteiger partial charge >= 0.3 is 0 Å². The molecule has 0 saturated heterocycles. The molecule has 0 fully saturated rings. The van der Waals surface area contributed by atoms with E-state index in [0.29, 0.717) is 23.2 Å². The summed E-state index contributed by atoms with van der Waals surface area (Å²) in [7, 11) is 0. The van der Waals surface area contributed by atoms with E-state index in [-0.39, 0.29) is 0 Å². The number of halogens is 1. The molecule has 0 atom stereocenters. The first-order chi connectivity index (χ1) is 9.07. The van der Waals surface area contributed by atoms with Crippen LogP contribution in [0.5, 0.6) is 0 Å². The molecule has 0 aliphatic carbocycles. The van der Waals surface area contributed by atoms with Crippen LogP contribution >= 0.6 is 11.6 Å². The topological polar surface area (TPSA) is 64.9 Å². The fraction of sp³-hybridized carbons (Fsp3) is 0.429. The number of aromatic nitrogens is 2. The van der Waals surface area contributed by atoms with Crippen LogP contribution < -0.4 is 5.73 Å². The fourth-order valence-corrected chi connectivity index (χ4v) is 2.13. The molecule has 102 valence electrons. The Morgan fingerprint density at radius 1 is 1.32 bits per heavy atom. The standard InChI is InChI=1S/C14H18ClN3O/c1-3-14(16,4-2)13-17-12(19-18-13)9-10-6-5-7-11(15)8-10/h5-8H,3-4,9,16H2,1-2H3. The van der Waals surface area contributed by atoms with E-state index in [4.69, 9.17) is 21.9 Å². The van der Waals surface area contributed by atoms with Crippen molar-refractivity contribution >= 4 is 11.6 Å². The second-order valence-corrected chi connectivity index (χ2v) is 5.12. The lowest BCUT2D eigenvalue weighted by atomic mass is 9.93. The van der Waals surface area contributed by atoms with Gasteiger partial charge in [0.25, 0.3) is 0 Å². The smallest absolute Gasteiger partial charge is 0.231 e. The van der Waals surface area contributed by atoms with E-state index in [1.165, 1.54) is 0 Å². The zero-order chi connectivity index (χ0) is 13.9. The van der Waals surface area contributed by atoms with Crippen molar-refractivity contribution in [3.63, 3.8) is 0 Å². The Morgan fingerprint density at radius 2 is 2.05 bits per heavy atom. The molecule has 0 bridgehead atoms. The number of benzene rings is 1. The molecule has 4 nitrogen and oxygen atoms in total. The van der Waals surface area contributed by atoms with Crippen molar-refractivity contribution in [3.8, 4) is 0 Å². The molecule has 0 amide bonds. The molecule has 2 N–H and O–H groups in total. The third kappa shape index (κ3) is 3.14. The van der Waals surface area contributed by atoms with Gasteiger partial charge in [0, 0.05) is 5.02 Å². The van der Waals surface area contributed by atoms with Gasteiger partial charge in [-0.2, -0.15) is 4.98 Å². The summed E-state index contributed by atoms with van der Waals surface area (Å²) >= 11 is 5.95. The van der Waals surface area contributed by atoms with E-state index in [1.807, 2.05) is 38.1 Å². The first-order valence-electron chi connectivity index (χ1n) is 6.43. The van der Waals surface area contributed by atoms with Gasteiger partial charge in [0.05, 0.1) is 12.0 Å². The van der Waals surface area contributed by atoms with Crippen LogP contribution in [-0.4, -0.2) is 10.1 Å². The third-order valence-corrected chi connectivity index (χ3v) is 3.65. The molecular formula is C14H18ClN3O. The summed E-state index contributed by atoms with van der Waals surface area (Å²) in [5.74, 6) is 1.14. The summed E-state index contributed by atoms with van der Waals surface area (Å²) in [5, 5.41) is 4.71. The summed E-state index contributed by atoms with van der Waals surface area (Å²) < 4.78 is 5.27. The van der Waals surface area contributed by atoms with Crippen LogP contribution in [-0.2, 0) is 12.0 Å². The molecule has 0 radical (unpaired) electrons. The Bertz CT molecular complexity index is 549. The minimum absolute atomic E-state index is 0.504. The Labute approximate surface area is 118 Å². The van der Waals surface area contributed by atoms with Crippen molar-refractivity contribution in [2.75, 3.05) is 0 Å². The van der Waals surface area contributed by atoms with E-state index in [2.05, 4.69) is 10.1 Å². The second kappa shape index (κ2) is 5.72. The Hall–Kier alpha value is -1.39. The van der Waals surface area contributed by atoms with Crippen LogP contribution in [0.2, 0.25) is 5.02 Å². The predicted molar refractivity (Wildman–Crippen MR) is 75.0 cm³/mol. The van der Waals surface area contributed by atoms with Gasteiger partial charge in [-0.1, -0.05) is 42.7 Å². The zero-order valence-corrected chi connectivity index (χ0v) is 11.9. The molecule has 1 aromatic carbocycles. The number of hydrogen-bond acceptors (Lipinski definition) is 4. The quantitative estimate of drug-likeness (QED) is 0.912. The lowest BCUT2D eigenvalue weighted by Crippen LogP contribution is -2.36. The van der Waals surface area contributed by atoms with E-state index in [9.17, 15) is 0 Å². The van der Waals surface area contributed by atoms with Crippen LogP contribution in [0, 0.1) is 0 Å². The molecule has 0 aliphatic heterocycles. The highest BCUT2D eigenvalue weighted by Gasteiger charge is 2.28. The van der Waals surface area contributed by atoms with Crippen LogP contribution in [0.25, 0.3) is 0 Å². The summed E-state index contributed by atoms with van der Waals surface area (Å²) in [6.07, 6.45) is 2.12. The van der Waals surface area contributed by atoms with Crippen molar-refractivity contribution in [1.29, 1.82) is 0 Å². The predicted octanol–water partition coefficient (Wildman–Crippen LogP) is 3.29. The molecule has 0 unspecified atom stereocenters. The molecule has 0 spiro atoms. The minimum Gasteiger partial charge on any atom is -0.339 e. The molecule has 2 aromatic rings. The average molecular weight is 280 g/mol. The number of nitrogens with zero attached hydrogens (tertiary/aromatic N) is 2. The van der Waals surface area contributed by atoms with Gasteiger partial charge in [0.15, 0.2) is 5.82 Å². The maximum absolute atomic E-state index is 6.24. The van der Waals surface area contributed by atoms with E-state index in [1.54, 1.807) is 0 Å². The van der Waals surface area contributed by atoms with Gasteiger partial charge < -0.3 is 10.3 Å². The Balaban J connectivity index is 2.18. The molecule has 1 aromatic heterocycles.